The van der Waals surface area contributed by atoms with E-state index in [0.717, 1.165) is 18.7 Å². The van der Waals surface area contributed by atoms with E-state index in [1.165, 1.54) is 6.33 Å². The number of amides is 1. The Bertz CT molecular complexity index is 635. The Morgan fingerprint density at radius 2 is 2.17 bits per heavy atom. The lowest BCUT2D eigenvalue weighted by Gasteiger charge is -2.21. The van der Waals surface area contributed by atoms with Crippen molar-refractivity contribution in [3.05, 3.63) is 42.5 Å². The number of aromatic nitrogens is 3. The number of likely N-dealkylation sites (tertiary alicyclic amines) is 1. The van der Waals surface area contributed by atoms with Crippen LogP contribution >= 0.6 is 24.8 Å². The van der Waals surface area contributed by atoms with Crippen molar-refractivity contribution in [1.82, 2.24) is 19.7 Å². The number of benzene rings is 1. The molecular formula is C15H21Cl2N5O. The van der Waals surface area contributed by atoms with Gasteiger partial charge in [0.15, 0.2) is 0 Å². The second-order valence-corrected chi connectivity index (χ2v) is 5.53. The van der Waals surface area contributed by atoms with E-state index < -0.39 is 0 Å². The van der Waals surface area contributed by atoms with Crippen molar-refractivity contribution in [2.24, 2.45) is 11.7 Å². The summed E-state index contributed by atoms with van der Waals surface area (Å²) in [5, 5.41) is 4.09. The standard InChI is InChI=1S/C15H19N5O.2ClH/c1-11-5-12(7-16)8-19(11)15(21)13-3-2-4-14(6-13)20-10-17-9-18-20;;/h2-4,6,9-12H,5,7-8,16H2,1H3;2*1H. The molecule has 1 aliphatic rings. The highest BCUT2D eigenvalue weighted by Crippen LogP contribution is 2.24. The lowest BCUT2D eigenvalue weighted by atomic mass is 10.1. The summed E-state index contributed by atoms with van der Waals surface area (Å²) in [6.45, 7) is 3.45. The van der Waals surface area contributed by atoms with Crippen LogP contribution in [0.4, 0.5) is 0 Å². The van der Waals surface area contributed by atoms with Gasteiger partial charge in [-0.15, -0.1) is 24.8 Å². The summed E-state index contributed by atoms with van der Waals surface area (Å²) in [5.74, 6) is 0.461. The lowest BCUT2D eigenvalue weighted by molar-refractivity contribution is 0.0743. The van der Waals surface area contributed by atoms with Gasteiger partial charge in [-0.1, -0.05) is 6.07 Å². The number of halogens is 2. The Kier molecular flexibility index (Phi) is 7.00. The molecule has 0 radical (unpaired) electrons. The molecule has 0 spiro atoms. The van der Waals surface area contributed by atoms with E-state index in [1.54, 1.807) is 11.0 Å². The largest absolute Gasteiger partial charge is 0.336 e. The van der Waals surface area contributed by atoms with E-state index >= 15 is 0 Å². The smallest absolute Gasteiger partial charge is 0.254 e. The van der Waals surface area contributed by atoms with Gasteiger partial charge >= 0.3 is 0 Å². The maximum atomic E-state index is 12.7. The number of nitrogens with zero attached hydrogens (tertiary/aromatic N) is 4. The van der Waals surface area contributed by atoms with Gasteiger partial charge in [-0.2, -0.15) is 5.10 Å². The van der Waals surface area contributed by atoms with Crippen molar-refractivity contribution >= 4 is 30.7 Å². The second kappa shape index (κ2) is 8.29. The van der Waals surface area contributed by atoms with E-state index in [4.69, 9.17) is 5.73 Å². The van der Waals surface area contributed by atoms with Gasteiger partial charge < -0.3 is 10.6 Å². The molecule has 1 aromatic carbocycles. The molecule has 2 unspecified atom stereocenters. The maximum Gasteiger partial charge on any atom is 0.254 e. The molecule has 8 heteroatoms. The van der Waals surface area contributed by atoms with Gasteiger partial charge in [0.05, 0.1) is 5.69 Å². The first kappa shape index (κ1) is 19.4. The molecule has 2 N–H and O–H groups in total. The number of hydrogen-bond donors (Lipinski definition) is 1. The third-order valence-electron chi connectivity index (χ3n) is 4.03. The van der Waals surface area contributed by atoms with E-state index in [1.807, 2.05) is 29.2 Å². The summed E-state index contributed by atoms with van der Waals surface area (Å²) < 4.78 is 1.65. The molecule has 1 saturated heterocycles. The van der Waals surface area contributed by atoms with Crippen molar-refractivity contribution in [2.75, 3.05) is 13.1 Å². The van der Waals surface area contributed by atoms with Crippen LogP contribution < -0.4 is 5.73 Å². The predicted molar refractivity (Wildman–Crippen MR) is 93.5 cm³/mol. The fraction of sp³-hybridized carbons (Fsp3) is 0.400. The van der Waals surface area contributed by atoms with E-state index in [0.29, 0.717) is 18.0 Å². The highest BCUT2D eigenvalue weighted by molar-refractivity contribution is 5.95. The molecule has 1 aliphatic heterocycles. The molecule has 1 aromatic heterocycles. The van der Waals surface area contributed by atoms with Crippen LogP contribution in [0.25, 0.3) is 5.69 Å². The van der Waals surface area contributed by atoms with Gasteiger partial charge in [0, 0.05) is 18.2 Å². The first-order valence-electron chi connectivity index (χ1n) is 7.15. The van der Waals surface area contributed by atoms with E-state index in [2.05, 4.69) is 17.0 Å². The van der Waals surface area contributed by atoms with Crippen molar-refractivity contribution in [3.8, 4) is 5.69 Å². The third kappa shape index (κ3) is 4.02. The second-order valence-electron chi connectivity index (χ2n) is 5.53. The third-order valence-corrected chi connectivity index (χ3v) is 4.03. The molecule has 23 heavy (non-hydrogen) atoms. The molecular weight excluding hydrogens is 337 g/mol. The van der Waals surface area contributed by atoms with Crippen molar-refractivity contribution < 1.29 is 4.79 Å². The highest BCUT2D eigenvalue weighted by atomic mass is 35.5. The van der Waals surface area contributed by atoms with Crippen LogP contribution in [-0.4, -0.2) is 44.7 Å². The topological polar surface area (TPSA) is 77.0 Å². The number of nitrogens with two attached hydrogens (primary N) is 1. The zero-order chi connectivity index (χ0) is 14.8. The molecule has 2 heterocycles. The molecule has 2 aromatic rings. The Balaban J connectivity index is 0.00000132. The van der Waals surface area contributed by atoms with Crippen LogP contribution in [-0.2, 0) is 0 Å². The SMILES string of the molecule is CC1CC(CN)CN1C(=O)c1cccc(-n2cncn2)c1.Cl.Cl. The molecule has 126 valence electrons. The van der Waals surface area contributed by atoms with Gasteiger partial charge in [0.1, 0.15) is 12.7 Å². The summed E-state index contributed by atoms with van der Waals surface area (Å²) >= 11 is 0. The Morgan fingerprint density at radius 1 is 1.39 bits per heavy atom. The van der Waals surface area contributed by atoms with Gasteiger partial charge in [-0.25, -0.2) is 9.67 Å². The summed E-state index contributed by atoms with van der Waals surface area (Å²) in [4.78, 5) is 18.5. The normalized spacial score (nSPS) is 19.8. The van der Waals surface area contributed by atoms with Crippen molar-refractivity contribution in [1.29, 1.82) is 0 Å². The van der Waals surface area contributed by atoms with Crippen LogP contribution in [0.15, 0.2) is 36.9 Å². The van der Waals surface area contributed by atoms with Gasteiger partial charge in [0.25, 0.3) is 5.91 Å². The monoisotopic (exact) mass is 357 g/mol. The quantitative estimate of drug-likeness (QED) is 0.910. The average Bonchev–Trinajstić information content (AvgIpc) is 3.16. The number of carbonyl (C=O) groups excluding carboxylic acids is 1. The molecule has 1 amide bonds. The molecule has 3 rings (SSSR count). The van der Waals surface area contributed by atoms with Crippen LogP contribution in [0, 0.1) is 5.92 Å². The molecule has 0 bridgehead atoms. The summed E-state index contributed by atoms with van der Waals surface area (Å²) in [5.41, 5.74) is 7.24. The van der Waals surface area contributed by atoms with Crippen molar-refractivity contribution in [2.45, 2.75) is 19.4 Å². The van der Waals surface area contributed by atoms with E-state index in [9.17, 15) is 4.79 Å². The zero-order valence-electron chi connectivity index (χ0n) is 12.8. The molecule has 6 nitrogen and oxygen atoms in total. The minimum absolute atomic E-state index is 0. The highest BCUT2D eigenvalue weighted by Gasteiger charge is 2.32. The zero-order valence-corrected chi connectivity index (χ0v) is 14.5. The van der Waals surface area contributed by atoms with Gasteiger partial charge in [0.2, 0.25) is 0 Å². The first-order chi connectivity index (χ1) is 10.2. The number of carbonyl (C=O) groups is 1. The van der Waals surface area contributed by atoms with Crippen LogP contribution in [0.1, 0.15) is 23.7 Å². The summed E-state index contributed by atoms with van der Waals surface area (Å²) in [7, 11) is 0. The number of rotatable bonds is 3. The predicted octanol–water partition coefficient (Wildman–Crippen LogP) is 1.92. The summed E-state index contributed by atoms with van der Waals surface area (Å²) in [6.07, 6.45) is 4.07. The Morgan fingerprint density at radius 3 is 2.78 bits per heavy atom. The van der Waals surface area contributed by atoms with Crippen LogP contribution in [0.2, 0.25) is 0 Å². The molecule has 0 aliphatic carbocycles. The van der Waals surface area contributed by atoms with Gasteiger partial charge in [-0.05, 0) is 44.0 Å². The Hall–Kier alpha value is -1.63. The number of hydrogen-bond acceptors (Lipinski definition) is 4. The molecule has 2 atom stereocenters. The summed E-state index contributed by atoms with van der Waals surface area (Å²) in [6, 6.07) is 7.69. The minimum atomic E-state index is 0. The first-order valence-corrected chi connectivity index (χ1v) is 7.15. The fourth-order valence-corrected chi connectivity index (χ4v) is 2.88. The van der Waals surface area contributed by atoms with E-state index in [-0.39, 0.29) is 36.8 Å². The lowest BCUT2D eigenvalue weighted by Crippen LogP contribution is -2.34. The van der Waals surface area contributed by atoms with Crippen LogP contribution in [0.3, 0.4) is 0 Å². The maximum absolute atomic E-state index is 12.7. The Labute approximate surface area is 147 Å². The minimum Gasteiger partial charge on any atom is -0.336 e. The van der Waals surface area contributed by atoms with Gasteiger partial charge in [-0.3, -0.25) is 4.79 Å². The molecule has 1 fully saturated rings. The van der Waals surface area contributed by atoms with Crippen molar-refractivity contribution in [3.63, 3.8) is 0 Å². The van der Waals surface area contributed by atoms with Crippen LogP contribution in [0.5, 0.6) is 0 Å². The fourth-order valence-electron chi connectivity index (χ4n) is 2.88. The average molecular weight is 358 g/mol. The molecule has 0 saturated carbocycles.